The molecule has 0 unspecified atom stereocenters. The Hall–Kier alpha value is -1.55. The predicted molar refractivity (Wildman–Crippen MR) is 97.3 cm³/mol. The molecule has 128 valence electrons. The van der Waals surface area contributed by atoms with Crippen molar-refractivity contribution in [2.75, 3.05) is 38.0 Å². The number of benzene rings is 1. The van der Waals surface area contributed by atoms with Crippen LogP contribution in [-0.2, 0) is 0 Å². The van der Waals surface area contributed by atoms with Crippen LogP contribution in [0, 0.1) is 0 Å². The van der Waals surface area contributed by atoms with Gasteiger partial charge in [-0.25, -0.2) is 4.79 Å². The molecular weight excluding hydrogens is 286 g/mol. The van der Waals surface area contributed by atoms with E-state index >= 15 is 0 Å². The Labute approximate surface area is 140 Å². The fourth-order valence-electron chi connectivity index (χ4n) is 3.15. The number of hydrogen-bond donors (Lipinski definition) is 1. The summed E-state index contributed by atoms with van der Waals surface area (Å²) in [5.74, 6) is 0.780. The number of likely N-dealkylation sites (N-methyl/N-ethyl adjacent to an activating group) is 1. The number of anilines is 1. The van der Waals surface area contributed by atoms with E-state index in [-0.39, 0.29) is 6.03 Å². The van der Waals surface area contributed by atoms with Gasteiger partial charge in [0.15, 0.2) is 0 Å². The second kappa shape index (κ2) is 7.82. The van der Waals surface area contributed by atoms with Gasteiger partial charge in [0, 0.05) is 31.9 Å². The number of rotatable bonds is 4. The molecule has 2 rings (SSSR count). The van der Waals surface area contributed by atoms with Gasteiger partial charge >= 0.3 is 6.03 Å². The van der Waals surface area contributed by atoms with E-state index in [1.165, 1.54) is 11.1 Å². The maximum atomic E-state index is 12.7. The average Bonchev–Trinajstić information content (AvgIpc) is 2.54. The molecule has 0 aromatic heterocycles. The summed E-state index contributed by atoms with van der Waals surface area (Å²) in [6.45, 7) is 15.5. The van der Waals surface area contributed by atoms with Crippen molar-refractivity contribution in [1.82, 2.24) is 9.80 Å². The van der Waals surface area contributed by atoms with Crippen molar-refractivity contribution in [1.29, 1.82) is 0 Å². The first-order valence-corrected chi connectivity index (χ1v) is 8.85. The van der Waals surface area contributed by atoms with E-state index in [9.17, 15) is 4.79 Å². The highest BCUT2D eigenvalue weighted by atomic mass is 16.2. The zero-order chi connectivity index (χ0) is 17.0. The third-order valence-electron chi connectivity index (χ3n) is 4.71. The number of nitrogens with zero attached hydrogens (tertiary/aromatic N) is 2. The van der Waals surface area contributed by atoms with Crippen LogP contribution < -0.4 is 5.32 Å². The Morgan fingerprint density at radius 1 is 1.04 bits per heavy atom. The van der Waals surface area contributed by atoms with Gasteiger partial charge in [-0.05, 0) is 29.5 Å². The Morgan fingerprint density at radius 2 is 1.57 bits per heavy atom. The van der Waals surface area contributed by atoms with Gasteiger partial charge in [0.25, 0.3) is 0 Å². The van der Waals surface area contributed by atoms with Crippen LogP contribution in [-0.4, -0.2) is 48.6 Å². The second-order valence-electron chi connectivity index (χ2n) is 6.97. The van der Waals surface area contributed by atoms with Crippen LogP contribution in [0.2, 0.25) is 0 Å². The number of hydrogen-bond acceptors (Lipinski definition) is 2. The van der Waals surface area contributed by atoms with Crippen molar-refractivity contribution in [3.05, 3.63) is 29.3 Å². The van der Waals surface area contributed by atoms with Crippen LogP contribution in [0.1, 0.15) is 57.6 Å². The molecule has 0 spiro atoms. The Morgan fingerprint density at radius 3 is 2.00 bits per heavy atom. The number of urea groups is 1. The molecule has 2 amide bonds. The van der Waals surface area contributed by atoms with Crippen LogP contribution in [0.15, 0.2) is 18.2 Å². The molecule has 1 saturated heterocycles. The summed E-state index contributed by atoms with van der Waals surface area (Å²) >= 11 is 0. The van der Waals surface area contributed by atoms with Crippen LogP contribution >= 0.6 is 0 Å². The van der Waals surface area contributed by atoms with Gasteiger partial charge < -0.3 is 15.1 Å². The fourth-order valence-corrected chi connectivity index (χ4v) is 3.15. The largest absolute Gasteiger partial charge is 0.322 e. The molecule has 4 heteroatoms. The molecule has 0 atom stereocenters. The molecule has 1 fully saturated rings. The molecule has 0 radical (unpaired) electrons. The molecule has 1 heterocycles. The molecule has 0 aliphatic carbocycles. The third-order valence-corrected chi connectivity index (χ3v) is 4.71. The van der Waals surface area contributed by atoms with Crippen molar-refractivity contribution < 1.29 is 4.79 Å². The van der Waals surface area contributed by atoms with E-state index in [1.807, 2.05) is 4.90 Å². The first-order chi connectivity index (χ1) is 10.9. The van der Waals surface area contributed by atoms with E-state index in [1.54, 1.807) is 0 Å². The highest BCUT2D eigenvalue weighted by molar-refractivity contribution is 5.91. The molecule has 1 aromatic rings. The SMILES string of the molecule is CCN1CCN(C(=O)Nc2c(C(C)C)cccc2C(C)C)CC1. The van der Waals surface area contributed by atoms with Crippen molar-refractivity contribution in [3.63, 3.8) is 0 Å². The van der Waals surface area contributed by atoms with E-state index in [2.05, 4.69) is 63.0 Å². The second-order valence-corrected chi connectivity index (χ2v) is 6.97. The van der Waals surface area contributed by atoms with Gasteiger partial charge in [0.2, 0.25) is 0 Å². The van der Waals surface area contributed by atoms with E-state index in [0.717, 1.165) is 38.4 Å². The molecular formula is C19H31N3O. The van der Waals surface area contributed by atoms with Crippen molar-refractivity contribution in [2.24, 2.45) is 0 Å². The molecule has 23 heavy (non-hydrogen) atoms. The molecule has 1 aliphatic heterocycles. The van der Waals surface area contributed by atoms with Crippen molar-refractivity contribution >= 4 is 11.7 Å². The first kappa shape index (κ1) is 17.8. The quantitative estimate of drug-likeness (QED) is 0.907. The lowest BCUT2D eigenvalue weighted by Gasteiger charge is -2.34. The van der Waals surface area contributed by atoms with E-state index < -0.39 is 0 Å². The van der Waals surface area contributed by atoms with Gasteiger partial charge in [-0.2, -0.15) is 0 Å². The lowest BCUT2D eigenvalue weighted by Crippen LogP contribution is -2.49. The minimum Gasteiger partial charge on any atom is -0.322 e. The molecule has 0 bridgehead atoms. The lowest BCUT2D eigenvalue weighted by atomic mass is 9.93. The molecule has 0 saturated carbocycles. The van der Waals surface area contributed by atoms with E-state index in [4.69, 9.17) is 0 Å². The Balaban J connectivity index is 2.17. The number of para-hydroxylation sites is 1. The fraction of sp³-hybridized carbons (Fsp3) is 0.632. The lowest BCUT2D eigenvalue weighted by molar-refractivity contribution is 0.151. The maximum Gasteiger partial charge on any atom is 0.321 e. The van der Waals surface area contributed by atoms with Crippen molar-refractivity contribution in [3.8, 4) is 0 Å². The summed E-state index contributed by atoms with van der Waals surface area (Å²) in [7, 11) is 0. The van der Waals surface area contributed by atoms with Crippen LogP contribution in [0.4, 0.5) is 10.5 Å². The third kappa shape index (κ3) is 4.25. The average molecular weight is 317 g/mol. The molecule has 1 aromatic carbocycles. The summed E-state index contributed by atoms with van der Waals surface area (Å²) in [5, 5.41) is 3.21. The Kier molecular flexibility index (Phi) is 6.05. The van der Waals surface area contributed by atoms with Gasteiger partial charge in [-0.3, -0.25) is 0 Å². The van der Waals surface area contributed by atoms with Crippen molar-refractivity contribution in [2.45, 2.75) is 46.5 Å². The normalized spacial score (nSPS) is 16.2. The van der Waals surface area contributed by atoms with Crippen LogP contribution in [0.25, 0.3) is 0 Å². The van der Waals surface area contributed by atoms with Gasteiger partial charge in [-0.1, -0.05) is 52.8 Å². The van der Waals surface area contributed by atoms with E-state index in [0.29, 0.717) is 11.8 Å². The number of nitrogens with one attached hydrogen (secondary N) is 1. The maximum absolute atomic E-state index is 12.7. The summed E-state index contributed by atoms with van der Waals surface area (Å²) in [6, 6.07) is 6.39. The zero-order valence-corrected chi connectivity index (χ0v) is 15.2. The smallest absolute Gasteiger partial charge is 0.321 e. The minimum absolute atomic E-state index is 0.0377. The zero-order valence-electron chi connectivity index (χ0n) is 15.2. The first-order valence-electron chi connectivity index (χ1n) is 8.85. The molecule has 1 N–H and O–H groups in total. The number of amides is 2. The minimum atomic E-state index is 0.0377. The van der Waals surface area contributed by atoms with Crippen LogP contribution in [0.5, 0.6) is 0 Å². The monoisotopic (exact) mass is 317 g/mol. The Bertz CT molecular complexity index is 505. The summed E-state index contributed by atoms with van der Waals surface area (Å²) in [6.07, 6.45) is 0. The van der Waals surface area contributed by atoms with Gasteiger partial charge in [-0.15, -0.1) is 0 Å². The summed E-state index contributed by atoms with van der Waals surface area (Å²) in [5.41, 5.74) is 3.45. The highest BCUT2D eigenvalue weighted by Crippen LogP contribution is 2.32. The predicted octanol–water partition coefficient (Wildman–Crippen LogP) is 4.10. The molecule has 1 aliphatic rings. The highest BCUT2D eigenvalue weighted by Gasteiger charge is 2.22. The standard InChI is InChI=1S/C19H31N3O/c1-6-21-10-12-22(13-11-21)19(23)20-18-16(14(2)3)8-7-9-17(18)15(4)5/h7-9,14-15H,6,10-13H2,1-5H3,(H,20,23). The number of carbonyl (C=O) groups excluding carboxylic acids is 1. The number of piperazine rings is 1. The summed E-state index contributed by atoms with van der Waals surface area (Å²) in [4.78, 5) is 17.0. The topological polar surface area (TPSA) is 35.6 Å². The van der Waals surface area contributed by atoms with Gasteiger partial charge in [0.1, 0.15) is 0 Å². The summed E-state index contributed by atoms with van der Waals surface area (Å²) < 4.78 is 0. The van der Waals surface area contributed by atoms with Crippen LogP contribution in [0.3, 0.4) is 0 Å². The number of carbonyl (C=O) groups is 1. The molecule has 4 nitrogen and oxygen atoms in total. The van der Waals surface area contributed by atoms with Gasteiger partial charge in [0.05, 0.1) is 0 Å².